The molecule has 1 aromatic carbocycles. The molecule has 0 bridgehead atoms. The van der Waals surface area contributed by atoms with E-state index in [4.69, 9.17) is 0 Å². The minimum Gasteiger partial charge on any atom is -0.316 e. The fourth-order valence-corrected chi connectivity index (χ4v) is 2.26. The van der Waals surface area contributed by atoms with E-state index >= 15 is 0 Å². The zero-order chi connectivity index (χ0) is 13.2. The van der Waals surface area contributed by atoms with Gasteiger partial charge in [-0.25, -0.2) is 4.39 Å². The molecule has 0 amide bonds. The summed E-state index contributed by atoms with van der Waals surface area (Å²) in [6.07, 6.45) is 6.35. The number of likely N-dealkylation sites (N-methyl/N-ethyl adjacent to an activating group) is 1. The summed E-state index contributed by atoms with van der Waals surface area (Å²) in [6.45, 7) is 6.34. The van der Waals surface area contributed by atoms with Gasteiger partial charge in [-0.05, 0) is 36.6 Å². The van der Waals surface area contributed by atoms with Crippen molar-refractivity contribution in [2.75, 3.05) is 13.1 Å². The molecule has 1 N–H and O–H groups in total. The molecule has 1 nitrogen and oxygen atoms in total. The smallest absolute Gasteiger partial charge is 0.123 e. The van der Waals surface area contributed by atoms with Gasteiger partial charge in [-0.1, -0.05) is 51.7 Å². The van der Waals surface area contributed by atoms with Crippen molar-refractivity contribution in [3.8, 4) is 0 Å². The molecule has 0 aliphatic carbocycles. The highest BCUT2D eigenvalue weighted by Crippen LogP contribution is 2.22. The molecule has 18 heavy (non-hydrogen) atoms. The Morgan fingerprint density at radius 1 is 1.06 bits per heavy atom. The Hall–Kier alpha value is -0.890. The van der Waals surface area contributed by atoms with E-state index in [-0.39, 0.29) is 5.82 Å². The number of hydrogen-bond donors (Lipinski definition) is 1. The first-order valence-electron chi connectivity index (χ1n) is 7.24. The van der Waals surface area contributed by atoms with Crippen molar-refractivity contribution < 1.29 is 4.39 Å². The molecule has 0 aliphatic heterocycles. The number of rotatable bonds is 9. The molecule has 1 aromatic rings. The van der Waals surface area contributed by atoms with Crippen LogP contribution in [0.25, 0.3) is 0 Å². The van der Waals surface area contributed by atoms with Crippen LogP contribution in [0.4, 0.5) is 4.39 Å². The third-order valence-electron chi connectivity index (χ3n) is 3.39. The van der Waals surface area contributed by atoms with Crippen LogP contribution in [0.3, 0.4) is 0 Å². The first-order valence-corrected chi connectivity index (χ1v) is 7.24. The first kappa shape index (κ1) is 15.2. The third-order valence-corrected chi connectivity index (χ3v) is 3.39. The standard InChI is InChI=1S/C16H26FN/c1-3-5-6-7-8-15(13-18-4-2)14-9-11-16(17)12-10-14/h9-12,15,18H,3-8,13H2,1-2H3. The Morgan fingerprint density at radius 3 is 2.39 bits per heavy atom. The third kappa shape index (κ3) is 5.63. The molecular formula is C16H26FN. The Bertz CT molecular complexity index is 307. The van der Waals surface area contributed by atoms with Crippen LogP contribution in [0.15, 0.2) is 24.3 Å². The van der Waals surface area contributed by atoms with Gasteiger partial charge < -0.3 is 5.32 Å². The van der Waals surface area contributed by atoms with E-state index in [2.05, 4.69) is 19.2 Å². The average molecular weight is 251 g/mol. The topological polar surface area (TPSA) is 12.0 Å². The number of nitrogens with one attached hydrogen (secondary N) is 1. The van der Waals surface area contributed by atoms with Crippen LogP contribution in [-0.4, -0.2) is 13.1 Å². The number of unbranched alkanes of at least 4 members (excludes halogenated alkanes) is 3. The number of halogens is 1. The average Bonchev–Trinajstić information content (AvgIpc) is 2.39. The monoisotopic (exact) mass is 251 g/mol. The maximum Gasteiger partial charge on any atom is 0.123 e. The lowest BCUT2D eigenvalue weighted by atomic mass is 9.93. The lowest BCUT2D eigenvalue weighted by Crippen LogP contribution is -2.21. The van der Waals surface area contributed by atoms with Crippen LogP contribution in [-0.2, 0) is 0 Å². The lowest BCUT2D eigenvalue weighted by Gasteiger charge is -2.17. The van der Waals surface area contributed by atoms with E-state index in [1.807, 2.05) is 12.1 Å². The van der Waals surface area contributed by atoms with Crippen LogP contribution >= 0.6 is 0 Å². The molecule has 0 spiro atoms. The zero-order valence-electron chi connectivity index (χ0n) is 11.7. The molecule has 102 valence electrons. The minimum absolute atomic E-state index is 0.146. The van der Waals surface area contributed by atoms with Crippen molar-refractivity contribution >= 4 is 0 Å². The molecular weight excluding hydrogens is 225 g/mol. The van der Waals surface area contributed by atoms with E-state index in [9.17, 15) is 4.39 Å². The van der Waals surface area contributed by atoms with Crippen molar-refractivity contribution in [3.05, 3.63) is 35.6 Å². The second-order valence-electron chi connectivity index (χ2n) is 4.91. The number of benzene rings is 1. The van der Waals surface area contributed by atoms with Gasteiger partial charge in [-0.3, -0.25) is 0 Å². The quantitative estimate of drug-likeness (QED) is 0.638. The van der Waals surface area contributed by atoms with E-state index < -0.39 is 0 Å². The fourth-order valence-electron chi connectivity index (χ4n) is 2.26. The molecule has 1 rings (SSSR count). The molecule has 0 aliphatic rings. The van der Waals surface area contributed by atoms with Crippen LogP contribution < -0.4 is 5.32 Å². The maximum absolute atomic E-state index is 12.9. The van der Waals surface area contributed by atoms with Gasteiger partial charge in [0, 0.05) is 6.54 Å². The van der Waals surface area contributed by atoms with Crippen molar-refractivity contribution in [2.24, 2.45) is 0 Å². The van der Waals surface area contributed by atoms with Crippen molar-refractivity contribution in [1.29, 1.82) is 0 Å². The van der Waals surface area contributed by atoms with E-state index in [0.29, 0.717) is 5.92 Å². The highest BCUT2D eigenvalue weighted by atomic mass is 19.1. The summed E-state index contributed by atoms with van der Waals surface area (Å²) in [6, 6.07) is 7.00. The van der Waals surface area contributed by atoms with Crippen LogP contribution in [0, 0.1) is 5.82 Å². The number of hydrogen-bond acceptors (Lipinski definition) is 1. The van der Waals surface area contributed by atoms with Crippen LogP contribution in [0.5, 0.6) is 0 Å². The summed E-state index contributed by atoms with van der Waals surface area (Å²) in [5, 5.41) is 3.41. The Labute approximate surface area is 111 Å². The van der Waals surface area contributed by atoms with Gasteiger partial charge in [-0.2, -0.15) is 0 Å². The van der Waals surface area contributed by atoms with Gasteiger partial charge >= 0.3 is 0 Å². The lowest BCUT2D eigenvalue weighted by molar-refractivity contribution is 0.519. The van der Waals surface area contributed by atoms with Crippen molar-refractivity contribution in [2.45, 2.75) is 51.9 Å². The predicted octanol–water partition coefficient (Wildman–Crippen LogP) is 4.49. The van der Waals surface area contributed by atoms with Gasteiger partial charge in [0.15, 0.2) is 0 Å². The molecule has 2 heteroatoms. The Kier molecular flexibility index (Phi) is 7.66. The van der Waals surface area contributed by atoms with Crippen LogP contribution in [0.2, 0.25) is 0 Å². The molecule has 0 radical (unpaired) electrons. The summed E-state index contributed by atoms with van der Waals surface area (Å²) in [7, 11) is 0. The van der Waals surface area contributed by atoms with Gasteiger partial charge in [-0.15, -0.1) is 0 Å². The zero-order valence-corrected chi connectivity index (χ0v) is 11.7. The summed E-state index contributed by atoms with van der Waals surface area (Å²) in [5.41, 5.74) is 1.26. The second kappa shape index (κ2) is 9.09. The van der Waals surface area contributed by atoms with E-state index in [0.717, 1.165) is 13.1 Å². The molecule has 1 unspecified atom stereocenters. The highest BCUT2D eigenvalue weighted by Gasteiger charge is 2.10. The molecule has 0 saturated heterocycles. The molecule has 0 aromatic heterocycles. The van der Waals surface area contributed by atoms with Crippen LogP contribution in [0.1, 0.15) is 57.4 Å². The Morgan fingerprint density at radius 2 is 1.78 bits per heavy atom. The normalized spacial score (nSPS) is 12.6. The van der Waals surface area contributed by atoms with E-state index in [1.165, 1.54) is 37.7 Å². The minimum atomic E-state index is -0.146. The SMILES string of the molecule is CCCCCCC(CNCC)c1ccc(F)cc1. The highest BCUT2D eigenvalue weighted by molar-refractivity contribution is 5.20. The second-order valence-corrected chi connectivity index (χ2v) is 4.91. The summed E-state index contributed by atoms with van der Waals surface area (Å²) in [4.78, 5) is 0. The van der Waals surface area contributed by atoms with Crippen molar-refractivity contribution in [1.82, 2.24) is 5.32 Å². The maximum atomic E-state index is 12.9. The predicted molar refractivity (Wildman–Crippen MR) is 76.4 cm³/mol. The van der Waals surface area contributed by atoms with Gasteiger partial charge in [0.1, 0.15) is 5.82 Å². The molecule has 0 fully saturated rings. The van der Waals surface area contributed by atoms with Gasteiger partial charge in [0.2, 0.25) is 0 Å². The first-order chi connectivity index (χ1) is 8.77. The van der Waals surface area contributed by atoms with Gasteiger partial charge in [0.05, 0.1) is 0 Å². The van der Waals surface area contributed by atoms with Gasteiger partial charge in [0.25, 0.3) is 0 Å². The Balaban J connectivity index is 2.51. The largest absolute Gasteiger partial charge is 0.316 e. The molecule has 0 saturated carbocycles. The summed E-state index contributed by atoms with van der Waals surface area (Å²) < 4.78 is 12.9. The molecule has 1 atom stereocenters. The molecule has 0 heterocycles. The van der Waals surface area contributed by atoms with E-state index in [1.54, 1.807) is 12.1 Å². The fraction of sp³-hybridized carbons (Fsp3) is 0.625. The van der Waals surface area contributed by atoms with Crippen molar-refractivity contribution in [3.63, 3.8) is 0 Å². The summed E-state index contributed by atoms with van der Waals surface area (Å²) >= 11 is 0. The summed E-state index contributed by atoms with van der Waals surface area (Å²) in [5.74, 6) is 0.370.